The highest BCUT2D eigenvalue weighted by Gasteiger charge is 2.29. The smallest absolute Gasteiger partial charge is 0.258 e. The van der Waals surface area contributed by atoms with Gasteiger partial charge >= 0.3 is 0 Å². The molecule has 2 aromatic rings. The monoisotopic (exact) mass is 351 g/mol. The van der Waals surface area contributed by atoms with Crippen LogP contribution < -0.4 is 30.6 Å². The van der Waals surface area contributed by atoms with E-state index in [2.05, 4.69) is 10.6 Å². The van der Waals surface area contributed by atoms with Crippen LogP contribution in [0.1, 0.15) is 24.2 Å². The van der Waals surface area contributed by atoms with Crippen LogP contribution in [0.4, 0.5) is 5.88 Å². The molecule has 1 aromatic heterocycles. The number of carbonyl (C=O) groups is 1. The number of methoxy groups -OCH3 is 2. The van der Waals surface area contributed by atoms with Gasteiger partial charge in [0.25, 0.3) is 5.91 Å². The van der Waals surface area contributed by atoms with Crippen LogP contribution in [0, 0.1) is 0 Å². The molecular weight excluding hydrogens is 326 g/mol. The van der Waals surface area contributed by atoms with E-state index in [1.54, 1.807) is 6.07 Å². The summed E-state index contributed by atoms with van der Waals surface area (Å²) < 4.78 is 22.3. The fourth-order valence-electron chi connectivity index (χ4n) is 2.57. The largest absolute Gasteiger partial charge is 0.495 e. The van der Waals surface area contributed by atoms with Crippen LogP contribution in [0.2, 0.25) is 0 Å². The Bertz CT molecular complexity index is 755. The average molecular weight is 351 g/mol. The van der Waals surface area contributed by atoms with E-state index in [0.29, 0.717) is 41.7 Å². The van der Waals surface area contributed by atoms with Gasteiger partial charge in [0.15, 0.2) is 17.2 Å². The van der Waals surface area contributed by atoms with Crippen molar-refractivity contribution in [2.45, 2.75) is 19.9 Å². The van der Waals surface area contributed by atoms with E-state index < -0.39 is 0 Å². The highest BCUT2D eigenvalue weighted by molar-refractivity contribution is 6.08. The van der Waals surface area contributed by atoms with Crippen molar-refractivity contribution >= 4 is 22.8 Å². The second kappa shape index (κ2) is 7.98. The molecule has 1 amide bonds. The normalized spacial score (nSPS) is 11.0. The van der Waals surface area contributed by atoms with Gasteiger partial charge in [-0.05, 0) is 0 Å². The van der Waals surface area contributed by atoms with E-state index in [0.717, 1.165) is 0 Å². The first kappa shape index (κ1) is 18.7. The summed E-state index contributed by atoms with van der Waals surface area (Å²) in [6.07, 6.45) is 0. The van der Waals surface area contributed by atoms with E-state index in [9.17, 15) is 4.79 Å². The Balaban J connectivity index is 2.59. The Labute approximate surface area is 146 Å². The Morgan fingerprint density at radius 3 is 2.48 bits per heavy atom. The molecule has 8 nitrogen and oxygen atoms in total. The summed E-state index contributed by atoms with van der Waals surface area (Å²) in [6.45, 7) is 5.02. The molecule has 25 heavy (non-hydrogen) atoms. The third-order valence-corrected chi connectivity index (χ3v) is 3.63. The number of benzene rings is 1. The van der Waals surface area contributed by atoms with Gasteiger partial charge in [0.1, 0.15) is 17.9 Å². The molecule has 0 aliphatic carbocycles. The molecule has 0 saturated heterocycles. The molecule has 2 rings (SSSR count). The highest BCUT2D eigenvalue weighted by Crippen LogP contribution is 2.47. The van der Waals surface area contributed by atoms with Crippen LogP contribution in [-0.2, 0) is 0 Å². The summed E-state index contributed by atoms with van der Waals surface area (Å²) >= 11 is 0. The van der Waals surface area contributed by atoms with Gasteiger partial charge in [-0.2, -0.15) is 0 Å². The zero-order valence-corrected chi connectivity index (χ0v) is 15.2. The predicted molar refractivity (Wildman–Crippen MR) is 95.8 cm³/mol. The van der Waals surface area contributed by atoms with Crippen molar-refractivity contribution in [1.29, 1.82) is 0 Å². The van der Waals surface area contributed by atoms with Crippen molar-refractivity contribution in [1.82, 2.24) is 10.6 Å². The maximum atomic E-state index is 12.5. The second-order valence-electron chi connectivity index (χ2n) is 5.70. The lowest BCUT2D eigenvalue weighted by molar-refractivity contribution is 0.0955. The molecule has 8 heteroatoms. The molecule has 0 saturated carbocycles. The first-order valence-corrected chi connectivity index (χ1v) is 7.99. The molecule has 0 radical (unpaired) electrons. The Kier molecular flexibility index (Phi) is 5.97. The van der Waals surface area contributed by atoms with E-state index in [1.807, 2.05) is 13.8 Å². The third kappa shape index (κ3) is 3.74. The average Bonchev–Trinajstić information content (AvgIpc) is 2.97. The van der Waals surface area contributed by atoms with Crippen LogP contribution in [0.25, 0.3) is 11.0 Å². The van der Waals surface area contributed by atoms with Crippen molar-refractivity contribution in [3.05, 3.63) is 11.6 Å². The van der Waals surface area contributed by atoms with Crippen molar-refractivity contribution in [3.8, 4) is 17.2 Å². The molecule has 4 N–H and O–H groups in total. The Morgan fingerprint density at radius 1 is 1.24 bits per heavy atom. The maximum Gasteiger partial charge on any atom is 0.258 e. The van der Waals surface area contributed by atoms with Gasteiger partial charge in [-0.25, -0.2) is 0 Å². The maximum absolute atomic E-state index is 12.5. The summed E-state index contributed by atoms with van der Waals surface area (Å²) in [4.78, 5) is 12.5. The van der Waals surface area contributed by atoms with Crippen molar-refractivity contribution in [2.24, 2.45) is 0 Å². The predicted octanol–water partition coefficient (Wildman–Crippen LogP) is 1.77. The number of amides is 1. The van der Waals surface area contributed by atoms with E-state index in [-0.39, 0.29) is 23.1 Å². The summed E-state index contributed by atoms with van der Waals surface area (Å²) in [7, 11) is 4.49. The minimum absolute atomic E-state index is 0.188. The van der Waals surface area contributed by atoms with Gasteiger partial charge in [0.05, 0.1) is 19.6 Å². The molecule has 0 atom stereocenters. The number of rotatable bonds is 8. The Morgan fingerprint density at radius 2 is 1.92 bits per heavy atom. The van der Waals surface area contributed by atoms with E-state index >= 15 is 0 Å². The summed E-state index contributed by atoms with van der Waals surface area (Å²) in [5, 5.41) is 6.39. The molecule has 1 aromatic carbocycles. The number of hydrogen-bond donors (Lipinski definition) is 3. The summed E-state index contributed by atoms with van der Waals surface area (Å²) in [6, 6.07) is 1.92. The van der Waals surface area contributed by atoms with Crippen molar-refractivity contribution in [2.75, 3.05) is 40.2 Å². The molecule has 0 spiro atoms. The number of nitrogens with one attached hydrogen (secondary N) is 2. The highest BCUT2D eigenvalue weighted by atomic mass is 16.5. The second-order valence-corrected chi connectivity index (χ2v) is 5.70. The first-order chi connectivity index (χ1) is 11.9. The lowest BCUT2D eigenvalue weighted by Gasteiger charge is -2.18. The molecule has 0 bridgehead atoms. The molecule has 138 valence electrons. The van der Waals surface area contributed by atoms with Gasteiger partial charge in [0, 0.05) is 25.7 Å². The van der Waals surface area contributed by atoms with Gasteiger partial charge in [-0.3, -0.25) is 4.79 Å². The minimum atomic E-state index is -0.358. The number of carbonyl (C=O) groups excluding carboxylic acids is 1. The van der Waals surface area contributed by atoms with Crippen molar-refractivity contribution < 1.29 is 23.4 Å². The quantitative estimate of drug-likeness (QED) is 0.622. The standard InChI is InChI=1S/C17H25N3O5/c1-9(2)20-6-7-24-15-12(17(21)19-3)13(22-4)10-8-11(18)25-14(10)16(15)23-5/h8-9,20H,6-7,18H2,1-5H3,(H,19,21). The third-order valence-electron chi connectivity index (χ3n) is 3.63. The summed E-state index contributed by atoms with van der Waals surface area (Å²) in [5.41, 5.74) is 6.38. The van der Waals surface area contributed by atoms with Gasteiger partial charge in [0.2, 0.25) is 5.75 Å². The van der Waals surface area contributed by atoms with E-state index in [4.69, 9.17) is 24.4 Å². The number of nitrogens with two attached hydrogens (primary N) is 1. The lowest BCUT2D eigenvalue weighted by atomic mass is 10.1. The molecule has 0 unspecified atom stereocenters. The van der Waals surface area contributed by atoms with Crippen LogP contribution in [0.15, 0.2) is 10.5 Å². The molecule has 0 aliphatic rings. The minimum Gasteiger partial charge on any atom is -0.495 e. The van der Waals surface area contributed by atoms with Crippen LogP contribution in [0.5, 0.6) is 17.2 Å². The number of fused-ring (bicyclic) bond motifs is 1. The van der Waals surface area contributed by atoms with Crippen LogP contribution >= 0.6 is 0 Å². The number of anilines is 1. The zero-order chi connectivity index (χ0) is 18.6. The summed E-state index contributed by atoms with van der Waals surface area (Å²) in [5.74, 6) is 0.709. The Hall–Kier alpha value is -2.61. The fourth-order valence-corrected chi connectivity index (χ4v) is 2.57. The first-order valence-electron chi connectivity index (χ1n) is 7.99. The van der Waals surface area contributed by atoms with Gasteiger partial charge < -0.3 is 35.0 Å². The lowest BCUT2D eigenvalue weighted by Crippen LogP contribution is -2.28. The molecular formula is C17H25N3O5. The molecule has 0 aliphatic heterocycles. The number of nitrogen functional groups attached to an aromatic ring is 1. The fraction of sp³-hybridized carbons (Fsp3) is 0.471. The van der Waals surface area contributed by atoms with Crippen LogP contribution in [0.3, 0.4) is 0 Å². The van der Waals surface area contributed by atoms with E-state index in [1.165, 1.54) is 21.3 Å². The van der Waals surface area contributed by atoms with Gasteiger partial charge in [-0.1, -0.05) is 13.8 Å². The van der Waals surface area contributed by atoms with Gasteiger partial charge in [-0.15, -0.1) is 0 Å². The topological polar surface area (TPSA) is 108 Å². The van der Waals surface area contributed by atoms with Crippen molar-refractivity contribution in [3.63, 3.8) is 0 Å². The zero-order valence-electron chi connectivity index (χ0n) is 15.2. The SMILES string of the molecule is CNC(=O)c1c(OCCNC(C)C)c(OC)c2oc(N)cc2c1OC. The van der Waals surface area contributed by atoms with Crippen LogP contribution in [-0.4, -0.2) is 46.4 Å². The molecule has 1 heterocycles. The number of furan rings is 1. The number of ether oxygens (including phenoxy) is 3. The number of hydrogen-bond acceptors (Lipinski definition) is 7. The molecule has 0 fully saturated rings.